The molecule has 10 heteroatoms. The smallest absolute Gasteiger partial charge is 0.225 e. The Morgan fingerprint density at radius 1 is 0.962 bits per heavy atom. The van der Waals surface area contributed by atoms with E-state index in [0.29, 0.717) is 41.1 Å². The predicted molar refractivity (Wildman–Crippen MR) is 110 cm³/mol. The fourth-order valence-electron chi connectivity index (χ4n) is 2.10. The summed E-state index contributed by atoms with van der Waals surface area (Å²) in [6.45, 7) is 7.97. The third-order valence-electron chi connectivity index (χ3n) is 3.67. The minimum absolute atomic E-state index is 0. The van der Waals surface area contributed by atoms with Gasteiger partial charge in [0.2, 0.25) is 11.9 Å². The van der Waals surface area contributed by atoms with E-state index in [1.807, 2.05) is 0 Å². The first-order valence-electron chi connectivity index (χ1n) is 8.45. The van der Waals surface area contributed by atoms with Gasteiger partial charge in [0, 0.05) is 26.7 Å². The van der Waals surface area contributed by atoms with Gasteiger partial charge in [-0.15, -0.1) is 12.4 Å². The molecule has 0 spiro atoms. The molecule has 0 saturated heterocycles. The van der Waals surface area contributed by atoms with E-state index >= 15 is 0 Å². The average molecular weight is 385 g/mol. The number of nitrogens with zero attached hydrogens (tertiary/aromatic N) is 4. The molecule has 0 fully saturated rings. The molecule has 1 atom stereocenters. The van der Waals surface area contributed by atoms with Gasteiger partial charge in [-0.3, -0.25) is 0 Å². The van der Waals surface area contributed by atoms with Crippen LogP contribution in [0.3, 0.4) is 0 Å². The normalized spacial score (nSPS) is 12.3. The van der Waals surface area contributed by atoms with Crippen LogP contribution in [-0.2, 0) is 0 Å². The zero-order valence-corrected chi connectivity index (χ0v) is 17.0. The van der Waals surface area contributed by atoms with Gasteiger partial charge in [0.1, 0.15) is 11.0 Å². The molecule has 0 aromatic carbocycles. The molecule has 0 saturated carbocycles. The zero-order valence-electron chi connectivity index (χ0n) is 16.1. The van der Waals surface area contributed by atoms with Crippen LogP contribution in [0.2, 0.25) is 0 Å². The van der Waals surface area contributed by atoms with Crippen molar-refractivity contribution in [1.29, 1.82) is 0 Å². The van der Waals surface area contributed by atoms with Gasteiger partial charge in [0.05, 0.1) is 5.60 Å². The zero-order chi connectivity index (χ0) is 18.6. The third kappa shape index (κ3) is 5.43. The number of nitrogens with one attached hydrogen (secondary N) is 4. The standard InChI is InChI=1S/C16H28N8O.ClH/c1-7-9(2)20-13-11-10(21-15(18-6)24-13)12(19-8-16(3,4)25)23-14(17-5)22-11;/h9,25H,7-8H2,1-6H3,(H2,17,19,22,23)(H2,18,20,21,24);1H/t9-;/m0./s1. The van der Waals surface area contributed by atoms with Crippen molar-refractivity contribution in [2.24, 2.45) is 0 Å². The lowest BCUT2D eigenvalue weighted by molar-refractivity contribution is 0.0944. The minimum atomic E-state index is -0.881. The molecule has 2 aromatic heterocycles. The second kappa shape index (κ2) is 9.00. The highest BCUT2D eigenvalue weighted by Gasteiger charge is 2.19. The molecular formula is C16H29ClN8O. The van der Waals surface area contributed by atoms with Crippen molar-refractivity contribution in [2.45, 2.75) is 45.8 Å². The van der Waals surface area contributed by atoms with Gasteiger partial charge in [-0.25, -0.2) is 9.97 Å². The summed E-state index contributed by atoms with van der Waals surface area (Å²) < 4.78 is 0. The molecule has 2 heterocycles. The molecule has 146 valence electrons. The van der Waals surface area contributed by atoms with Crippen LogP contribution in [0, 0.1) is 0 Å². The number of halogens is 1. The summed E-state index contributed by atoms with van der Waals surface area (Å²) in [5.74, 6) is 2.13. The Labute approximate surface area is 160 Å². The van der Waals surface area contributed by atoms with Gasteiger partial charge in [0.15, 0.2) is 11.6 Å². The van der Waals surface area contributed by atoms with Crippen molar-refractivity contribution >= 4 is 47.0 Å². The molecule has 26 heavy (non-hydrogen) atoms. The van der Waals surface area contributed by atoms with Crippen molar-refractivity contribution in [3.05, 3.63) is 0 Å². The molecular weight excluding hydrogens is 356 g/mol. The maximum absolute atomic E-state index is 10.0. The Bertz CT molecular complexity index is 734. The highest BCUT2D eigenvalue weighted by atomic mass is 35.5. The highest BCUT2D eigenvalue weighted by Crippen LogP contribution is 2.27. The average Bonchev–Trinajstić information content (AvgIpc) is 2.58. The summed E-state index contributed by atoms with van der Waals surface area (Å²) in [6, 6.07) is 0.239. The monoisotopic (exact) mass is 384 g/mol. The Balaban J connectivity index is 0.00000338. The van der Waals surface area contributed by atoms with Crippen molar-refractivity contribution in [1.82, 2.24) is 19.9 Å². The number of aromatic nitrogens is 4. The summed E-state index contributed by atoms with van der Waals surface area (Å²) in [6.07, 6.45) is 0.953. The molecule has 0 bridgehead atoms. The number of rotatable bonds is 8. The van der Waals surface area contributed by atoms with Gasteiger partial charge in [-0.1, -0.05) is 6.92 Å². The lowest BCUT2D eigenvalue weighted by Gasteiger charge is -2.20. The minimum Gasteiger partial charge on any atom is -0.389 e. The van der Waals surface area contributed by atoms with Crippen LogP contribution in [0.15, 0.2) is 0 Å². The van der Waals surface area contributed by atoms with Crippen molar-refractivity contribution in [3.63, 3.8) is 0 Å². The van der Waals surface area contributed by atoms with E-state index in [-0.39, 0.29) is 18.4 Å². The molecule has 5 N–H and O–H groups in total. The molecule has 0 radical (unpaired) electrons. The third-order valence-corrected chi connectivity index (χ3v) is 3.67. The first-order chi connectivity index (χ1) is 11.8. The van der Waals surface area contributed by atoms with E-state index in [4.69, 9.17) is 0 Å². The van der Waals surface area contributed by atoms with Gasteiger partial charge >= 0.3 is 0 Å². The molecule has 0 aliphatic rings. The Morgan fingerprint density at radius 2 is 1.46 bits per heavy atom. The van der Waals surface area contributed by atoms with Crippen LogP contribution >= 0.6 is 12.4 Å². The summed E-state index contributed by atoms with van der Waals surface area (Å²) in [5, 5.41) is 22.5. The molecule has 2 aromatic rings. The Kier molecular flexibility index (Phi) is 7.58. The summed E-state index contributed by atoms with van der Waals surface area (Å²) in [7, 11) is 3.52. The highest BCUT2D eigenvalue weighted by molar-refractivity contribution is 5.94. The van der Waals surface area contributed by atoms with E-state index in [0.717, 1.165) is 6.42 Å². The van der Waals surface area contributed by atoms with Crippen LogP contribution in [-0.4, -0.2) is 57.3 Å². The molecule has 0 unspecified atom stereocenters. The van der Waals surface area contributed by atoms with Gasteiger partial charge in [-0.2, -0.15) is 9.97 Å². The van der Waals surface area contributed by atoms with E-state index in [1.54, 1.807) is 27.9 Å². The molecule has 0 aliphatic heterocycles. The van der Waals surface area contributed by atoms with E-state index in [2.05, 4.69) is 55.1 Å². The SMILES string of the molecule is CC[C@H](C)Nc1nc(NC)nc2c(NCC(C)(C)O)nc(NC)nc12.Cl. The predicted octanol–water partition coefficient (Wildman–Crippen LogP) is 2.32. The summed E-state index contributed by atoms with van der Waals surface area (Å²) >= 11 is 0. The number of hydrogen-bond acceptors (Lipinski definition) is 9. The van der Waals surface area contributed by atoms with Gasteiger partial charge in [0.25, 0.3) is 0 Å². The Hall–Kier alpha value is -2.13. The van der Waals surface area contributed by atoms with E-state index < -0.39 is 5.60 Å². The molecule has 2 rings (SSSR count). The largest absolute Gasteiger partial charge is 0.389 e. The van der Waals surface area contributed by atoms with Crippen LogP contribution in [0.25, 0.3) is 11.0 Å². The second-order valence-corrected chi connectivity index (χ2v) is 6.61. The summed E-state index contributed by atoms with van der Waals surface area (Å²) in [4.78, 5) is 18.0. The molecule has 0 aliphatic carbocycles. The number of anilines is 4. The number of aliphatic hydroxyl groups is 1. The van der Waals surface area contributed by atoms with Gasteiger partial charge < -0.3 is 26.4 Å². The number of hydrogen-bond donors (Lipinski definition) is 5. The number of fused-ring (bicyclic) bond motifs is 1. The van der Waals surface area contributed by atoms with E-state index in [9.17, 15) is 5.11 Å². The lowest BCUT2D eigenvalue weighted by atomic mass is 10.1. The van der Waals surface area contributed by atoms with Crippen LogP contribution < -0.4 is 21.3 Å². The summed E-state index contributed by atoms with van der Waals surface area (Å²) in [5.41, 5.74) is 0.332. The van der Waals surface area contributed by atoms with Crippen LogP contribution in [0.5, 0.6) is 0 Å². The van der Waals surface area contributed by atoms with Crippen LogP contribution in [0.4, 0.5) is 23.5 Å². The molecule has 9 nitrogen and oxygen atoms in total. The lowest BCUT2D eigenvalue weighted by Crippen LogP contribution is -2.30. The Morgan fingerprint density at radius 3 is 1.92 bits per heavy atom. The maximum atomic E-state index is 10.0. The first kappa shape index (κ1) is 21.9. The fourth-order valence-corrected chi connectivity index (χ4v) is 2.10. The quantitative estimate of drug-likeness (QED) is 0.466. The van der Waals surface area contributed by atoms with Crippen LogP contribution in [0.1, 0.15) is 34.1 Å². The second-order valence-electron chi connectivity index (χ2n) is 6.61. The maximum Gasteiger partial charge on any atom is 0.225 e. The van der Waals surface area contributed by atoms with Crippen molar-refractivity contribution in [2.75, 3.05) is 41.9 Å². The topological polar surface area (TPSA) is 120 Å². The van der Waals surface area contributed by atoms with Crippen molar-refractivity contribution in [3.8, 4) is 0 Å². The fraction of sp³-hybridized carbons (Fsp3) is 0.625. The van der Waals surface area contributed by atoms with Gasteiger partial charge in [-0.05, 0) is 27.2 Å². The van der Waals surface area contributed by atoms with E-state index in [1.165, 1.54) is 0 Å². The molecule has 0 amide bonds. The first-order valence-corrected chi connectivity index (χ1v) is 8.45. The van der Waals surface area contributed by atoms with Crippen molar-refractivity contribution < 1.29 is 5.11 Å².